The Bertz CT molecular complexity index is 521. The van der Waals surface area contributed by atoms with Crippen molar-refractivity contribution in [3.05, 3.63) is 47.8 Å². The van der Waals surface area contributed by atoms with Crippen LogP contribution < -0.4 is 5.73 Å². The molecular weight excluding hydrogens is 225 g/mol. The largest absolute Gasteiger partial charge is 0.330 e. The highest BCUT2D eigenvalue weighted by Gasteiger charge is 2.07. The van der Waals surface area contributed by atoms with Crippen LogP contribution in [0.25, 0.3) is 10.8 Å². The summed E-state index contributed by atoms with van der Waals surface area (Å²) < 4.78 is 13.7. The summed E-state index contributed by atoms with van der Waals surface area (Å²) in [5, 5.41) is 1.76. The summed E-state index contributed by atoms with van der Waals surface area (Å²) in [5.41, 5.74) is 6.79. The molecule has 18 heavy (non-hydrogen) atoms. The Kier molecular flexibility index (Phi) is 4.32. The Balaban J connectivity index is 2.21. The molecule has 0 aromatic heterocycles. The molecule has 2 aromatic carbocycles. The van der Waals surface area contributed by atoms with Crippen molar-refractivity contribution < 1.29 is 4.39 Å². The van der Waals surface area contributed by atoms with Crippen LogP contribution in [0.1, 0.15) is 25.3 Å². The predicted molar refractivity (Wildman–Crippen MR) is 75.1 cm³/mol. The summed E-state index contributed by atoms with van der Waals surface area (Å²) in [7, 11) is 0. The van der Waals surface area contributed by atoms with Crippen LogP contribution in [-0.4, -0.2) is 6.54 Å². The molecule has 1 nitrogen and oxygen atoms in total. The van der Waals surface area contributed by atoms with Crippen LogP contribution in [0.4, 0.5) is 4.39 Å². The van der Waals surface area contributed by atoms with E-state index in [9.17, 15) is 4.39 Å². The van der Waals surface area contributed by atoms with E-state index in [0.29, 0.717) is 5.92 Å². The molecule has 0 radical (unpaired) electrons. The fraction of sp³-hybridized carbons (Fsp3) is 0.375. The van der Waals surface area contributed by atoms with E-state index in [1.165, 1.54) is 5.56 Å². The molecule has 2 aromatic rings. The van der Waals surface area contributed by atoms with E-state index >= 15 is 0 Å². The van der Waals surface area contributed by atoms with Crippen LogP contribution in [-0.2, 0) is 6.42 Å². The van der Waals surface area contributed by atoms with E-state index in [2.05, 4.69) is 6.92 Å². The summed E-state index contributed by atoms with van der Waals surface area (Å²) in [5.74, 6) is 0.489. The first-order chi connectivity index (χ1) is 8.72. The van der Waals surface area contributed by atoms with Gasteiger partial charge in [-0.2, -0.15) is 0 Å². The normalized spacial score (nSPS) is 12.8. The molecule has 0 heterocycles. The second kappa shape index (κ2) is 5.96. The van der Waals surface area contributed by atoms with Gasteiger partial charge >= 0.3 is 0 Å². The van der Waals surface area contributed by atoms with Gasteiger partial charge in [0.15, 0.2) is 0 Å². The van der Waals surface area contributed by atoms with Gasteiger partial charge in [0.05, 0.1) is 0 Å². The van der Waals surface area contributed by atoms with E-state index in [-0.39, 0.29) is 5.82 Å². The van der Waals surface area contributed by atoms with Gasteiger partial charge in [0.25, 0.3) is 0 Å². The molecule has 0 fully saturated rings. The molecule has 0 aliphatic heterocycles. The Labute approximate surface area is 108 Å². The lowest BCUT2D eigenvalue weighted by atomic mass is 9.95. The molecule has 0 bridgehead atoms. The zero-order valence-electron chi connectivity index (χ0n) is 10.8. The summed E-state index contributed by atoms with van der Waals surface area (Å²) in [6, 6.07) is 11.2. The summed E-state index contributed by atoms with van der Waals surface area (Å²) in [4.78, 5) is 0. The summed E-state index contributed by atoms with van der Waals surface area (Å²) in [6.07, 6.45) is 3.15. The average molecular weight is 245 g/mol. The SMILES string of the molecule is CC(CCN)CCc1ccc(F)c2ccccc12. The Morgan fingerprint density at radius 2 is 1.78 bits per heavy atom. The van der Waals surface area contributed by atoms with Gasteiger partial charge in [-0.25, -0.2) is 4.39 Å². The molecule has 1 unspecified atom stereocenters. The van der Waals surface area contributed by atoms with Crippen molar-refractivity contribution >= 4 is 10.8 Å². The van der Waals surface area contributed by atoms with Crippen molar-refractivity contribution in [2.45, 2.75) is 26.2 Å². The average Bonchev–Trinajstić information content (AvgIpc) is 2.39. The van der Waals surface area contributed by atoms with Crippen molar-refractivity contribution in [1.29, 1.82) is 0 Å². The Morgan fingerprint density at radius 3 is 2.50 bits per heavy atom. The second-order valence-electron chi connectivity index (χ2n) is 4.97. The highest BCUT2D eigenvalue weighted by molar-refractivity contribution is 5.86. The van der Waals surface area contributed by atoms with Gasteiger partial charge < -0.3 is 5.73 Å². The van der Waals surface area contributed by atoms with Crippen LogP contribution in [0.5, 0.6) is 0 Å². The molecule has 2 rings (SSSR count). The standard InChI is InChI=1S/C16H20FN/c1-12(10-11-18)6-7-13-8-9-16(17)15-5-3-2-4-14(13)15/h2-5,8-9,12H,6-7,10-11,18H2,1H3. The van der Waals surface area contributed by atoms with E-state index in [0.717, 1.165) is 36.6 Å². The van der Waals surface area contributed by atoms with Gasteiger partial charge in [0.1, 0.15) is 5.82 Å². The number of hydrogen-bond donors (Lipinski definition) is 1. The maximum atomic E-state index is 13.7. The first-order valence-corrected chi connectivity index (χ1v) is 6.58. The minimum Gasteiger partial charge on any atom is -0.330 e. The minimum absolute atomic E-state index is 0.135. The monoisotopic (exact) mass is 245 g/mol. The molecule has 2 heteroatoms. The third-order valence-electron chi connectivity index (χ3n) is 3.53. The first kappa shape index (κ1) is 13.0. The van der Waals surface area contributed by atoms with E-state index in [1.54, 1.807) is 6.07 Å². The van der Waals surface area contributed by atoms with Crippen molar-refractivity contribution in [1.82, 2.24) is 0 Å². The van der Waals surface area contributed by atoms with Gasteiger partial charge in [-0.05, 0) is 48.7 Å². The van der Waals surface area contributed by atoms with Gasteiger partial charge in [-0.3, -0.25) is 0 Å². The quantitative estimate of drug-likeness (QED) is 0.849. The molecule has 96 valence electrons. The lowest BCUT2D eigenvalue weighted by Crippen LogP contribution is -2.06. The molecule has 2 N–H and O–H groups in total. The third-order valence-corrected chi connectivity index (χ3v) is 3.53. The van der Waals surface area contributed by atoms with Crippen LogP contribution in [0.3, 0.4) is 0 Å². The highest BCUT2D eigenvalue weighted by Crippen LogP contribution is 2.24. The molecule has 0 aliphatic carbocycles. The molecule has 0 saturated carbocycles. The fourth-order valence-corrected chi connectivity index (χ4v) is 2.37. The molecule has 0 amide bonds. The number of rotatable bonds is 5. The minimum atomic E-state index is -0.135. The predicted octanol–water partition coefficient (Wildman–Crippen LogP) is 3.90. The third kappa shape index (κ3) is 2.88. The molecular formula is C16H20FN. The van der Waals surface area contributed by atoms with Crippen molar-refractivity contribution in [3.63, 3.8) is 0 Å². The van der Waals surface area contributed by atoms with Crippen LogP contribution in [0.2, 0.25) is 0 Å². The maximum absolute atomic E-state index is 13.7. The molecule has 1 atom stereocenters. The van der Waals surface area contributed by atoms with Crippen molar-refractivity contribution in [2.75, 3.05) is 6.54 Å². The summed E-state index contributed by atoms with van der Waals surface area (Å²) >= 11 is 0. The maximum Gasteiger partial charge on any atom is 0.131 e. The Hall–Kier alpha value is -1.41. The topological polar surface area (TPSA) is 26.0 Å². The lowest BCUT2D eigenvalue weighted by Gasteiger charge is -2.11. The van der Waals surface area contributed by atoms with Crippen LogP contribution in [0.15, 0.2) is 36.4 Å². The van der Waals surface area contributed by atoms with Gasteiger partial charge in [-0.1, -0.05) is 37.3 Å². The van der Waals surface area contributed by atoms with Crippen molar-refractivity contribution in [2.24, 2.45) is 11.7 Å². The molecule has 0 saturated heterocycles. The van der Waals surface area contributed by atoms with Crippen LogP contribution >= 0.6 is 0 Å². The zero-order valence-corrected chi connectivity index (χ0v) is 10.8. The van der Waals surface area contributed by atoms with Gasteiger partial charge in [-0.15, -0.1) is 0 Å². The van der Waals surface area contributed by atoms with Crippen molar-refractivity contribution in [3.8, 4) is 0 Å². The molecule has 0 spiro atoms. The van der Waals surface area contributed by atoms with E-state index in [1.807, 2.05) is 30.3 Å². The van der Waals surface area contributed by atoms with Gasteiger partial charge in [0, 0.05) is 5.39 Å². The number of benzene rings is 2. The fourth-order valence-electron chi connectivity index (χ4n) is 2.37. The number of hydrogen-bond acceptors (Lipinski definition) is 1. The van der Waals surface area contributed by atoms with E-state index in [4.69, 9.17) is 5.73 Å². The summed E-state index contributed by atoms with van der Waals surface area (Å²) in [6.45, 7) is 2.96. The Morgan fingerprint density at radius 1 is 1.06 bits per heavy atom. The zero-order chi connectivity index (χ0) is 13.0. The van der Waals surface area contributed by atoms with E-state index < -0.39 is 0 Å². The highest BCUT2D eigenvalue weighted by atomic mass is 19.1. The number of nitrogens with two attached hydrogens (primary N) is 1. The number of halogens is 1. The van der Waals surface area contributed by atoms with Gasteiger partial charge in [0.2, 0.25) is 0 Å². The molecule has 0 aliphatic rings. The first-order valence-electron chi connectivity index (χ1n) is 6.58. The number of fused-ring (bicyclic) bond motifs is 1. The lowest BCUT2D eigenvalue weighted by molar-refractivity contribution is 0.500. The van der Waals surface area contributed by atoms with Crippen LogP contribution in [0, 0.1) is 11.7 Å². The number of aryl methyl sites for hydroxylation is 1. The second-order valence-corrected chi connectivity index (χ2v) is 4.97. The smallest absolute Gasteiger partial charge is 0.131 e.